The summed E-state index contributed by atoms with van der Waals surface area (Å²) in [5, 5.41) is 1.07. The van der Waals surface area contributed by atoms with Crippen LogP contribution in [0.5, 0.6) is 5.75 Å². The average molecular weight is 343 g/mol. The van der Waals surface area contributed by atoms with Gasteiger partial charge in [0, 0.05) is 21.6 Å². The standard InChI is InChI=1S/C17H15BrN2O/c1-21-16-10-11(18)7-8-14(16)17(19)13-4-2-6-15-12(13)5-3-9-20-15/h2-10,17H,19H2,1H3. The highest BCUT2D eigenvalue weighted by Gasteiger charge is 2.16. The van der Waals surface area contributed by atoms with Crippen LogP contribution in [0, 0.1) is 0 Å². The van der Waals surface area contributed by atoms with Crippen LogP contribution in [0.2, 0.25) is 0 Å². The van der Waals surface area contributed by atoms with E-state index in [4.69, 9.17) is 10.5 Å². The third-order valence-corrected chi connectivity index (χ3v) is 4.04. The van der Waals surface area contributed by atoms with Crippen molar-refractivity contribution in [2.75, 3.05) is 7.11 Å². The van der Waals surface area contributed by atoms with Gasteiger partial charge in [-0.25, -0.2) is 0 Å². The largest absolute Gasteiger partial charge is 0.496 e. The van der Waals surface area contributed by atoms with Gasteiger partial charge in [-0.1, -0.05) is 40.2 Å². The summed E-state index contributed by atoms with van der Waals surface area (Å²) < 4.78 is 6.42. The van der Waals surface area contributed by atoms with Gasteiger partial charge in [0.05, 0.1) is 18.7 Å². The maximum Gasteiger partial charge on any atom is 0.125 e. The molecule has 106 valence electrons. The highest BCUT2D eigenvalue weighted by molar-refractivity contribution is 9.10. The van der Waals surface area contributed by atoms with Gasteiger partial charge in [-0.15, -0.1) is 0 Å². The van der Waals surface area contributed by atoms with Crippen molar-refractivity contribution >= 4 is 26.8 Å². The molecule has 0 spiro atoms. The van der Waals surface area contributed by atoms with Crippen LogP contribution in [0.4, 0.5) is 0 Å². The molecule has 21 heavy (non-hydrogen) atoms. The summed E-state index contributed by atoms with van der Waals surface area (Å²) in [5.41, 5.74) is 9.43. The van der Waals surface area contributed by atoms with E-state index >= 15 is 0 Å². The Labute approximate surface area is 131 Å². The molecular weight excluding hydrogens is 328 g/mol. The topological polar surface area (TPSA) is 48.1 Å². The molecule has 3 nitrogen and oxygen atoms in total. The number of halogens is 1. The number of nitrogens with two attached hydrogens (primary N) is 1. The van der Waals surface area contributed by atoms with Crippen molar-refractivity contribution in [1.29, 1.82) is 0 Å². The number of nitrogens with zero attached hydrogens (tertiary/aromatic N) is 1. The number of hydrogen-bond acceptors (Lipinski definition) is 3. The molecule has 0 saturated carbocycles. The summed E-state index contributed by atoms with van der Waals surface area (Å²) in [4.78, 5) is 4.38. The van der Waals surface area contributed by atoms with E-state index in [2.05, 4.69) is 20.9 Å². The average Bonchev–Trinajstić information content (AvgIpc) is 2.53. The number of methoxy groups -OCH3 is 1. The van der Waals surface area contributed by atoms with Gasteiger partial charge in [-0.2, -0.15) is 0 Å². The Bertz CT molecular complexity index is 783. The van der Waals surface area contributed by atoms with Gasteiger partial charge in [0.25, 0.3) is 0 Å². The molecule has 0 aliphatic carbocycles. The molecule has 3 aromatic rings. The smallest absolute Gasteiger partial charge is 0.125 e. The van der Waals surface area contributed by atoms with Crippen LogP contribution in [0.15, 0.2) is 59.2 Å². The molecule has 3 rings (SSSR count). The third-order valence-electron chi connectivity index (χ3n) is 3.55. The first kappa shape index (κ1) is 14.0. The Balaban J connectivity index is 2.15. The number of ether oxygens (including phenoxy) is 1. The fraction of sp³-hybridized carbons (Fsp3) is 0.118. The second kappa shape index (κ2) is 5.84. The van der Waals surface area contributed by atoms with Gasteiger partial charge >= 0.3 is 0 Å². The fourth-order valence-electron chi connectivity index (χ4n) is 2.51. The Kier molecular flexibility index (Phi) is 3.90. The van der Waals surface area contributed by atoms with Gasteiger partial charge in [-0.3, -0.25) is 4.98 Å². The van der Waals surface area contributed by atoms with Crippen molar-refractivity contribution in [3.63, 3.8) is 0 Å². The van der Waals surface area contributed by atoms with Crippen molar-refractivity contribution in [3.8, 4) is 5.75 Å². The minimum atomic E-state index is -0.263. The maximum atomic E-state index is 6.49. The molecule has 0 aliphatic heterocycles. The minimum Gasteiger partial charge on any atom is -0.496 e. The molecule has 4 heteroatoms. The van der Waals surface area contributed by atoms with Crippen LogP contribution in [0.3, 0.4) is 0 Å². The molecule has 1 atom stereocenters. The maximum absolute atomic E-state index is 6.49. The number of pyridine rings is 1. The molecule has 1 aromatic heterocycles. The Morgan fingerprint density at radius 2 is 1.95 bits per heavy atom. The molecule has 0 aliphatic rings. The highest BCUT2D eigenvalue weighted by atomic mass is 79.9. The zero-order valence-electron chi connectivity index (χ0n) is 11.6. The van der Waals surface area contributed by atoms with Crippen LogP contribution in [0.1, 0.15) is 17.2 Å². The van der Waals surface area contributed by atoms with Crippen LogP contribution >= 0.6 is 15.9 Å². The molecule has 0 saturated heterocycles. The van der Waals surface area contributed by atoms with E-state index in [1.54, 1.807) is 13.3 Å². The second-order valence-corrected chi connectivity index (χ2v) is 5.70. The number of rotatable bonds is 3. The van der Waals surface area contributed by atoms with E-state index in [1.807, 2.05) is 48.5 Å². The van der Waals surface area contributed by atoms with E-state index in [-0.39, 0.29) is 6.04 Å². The zero-order valence-corrected chi connectivity index (χ0v) is 13.2. The van der Waals surface area contributed by atoms with Crippen molar-refractivity contribution in [3.05, 3.63) is 70.3 Å². The molecule has 1 heterocycles. The van der Waals surface area contributed by atoms with Gasteiger partial charge in [0.15, 0.2) is 0 Å². The predicted molar refractivity (Wildman–Crippen MR) is 88.5 cm³/mol. The summed E-state index contributed by atoms with van der Waals surface area (Å²) in [7, 11) is 1.66. The van der Waals surface area contributed by atoms with Crippen molar-refractivity contribution in [1.82, 2.24) is 4.98 Å². The first-order valence-electron chi connectivity index (χ1n) is 6.63. The molecule has 2 N–H and O–H groups in total. The van der Waals surface area contributed by atoms with Gasteiger partial charge < -0.3 is 10.5 Å². The molecule has 2 aromatic carbocycles. The third kappa shape index (κ3) is 2.64. The monoisotopic (exact) mass is 342 g/mol. The molecular formula is C17H15BrN2O. The summed E-state index contributed by atoms with van der Waals surface area (Å²) >= 11 is 3.45. The van der Waals surface area contributed by atoms with E-state index in [0.717, 1.165) is 32.3 Å². The summed E-state index contributed by atoms with van der Waals surface area (Å²) in [6.45, 7) is 0. The normalized spacial score (nSPS) is 12.3. The minimum absolute atomic E-state index is 0.263. The summed E-state index contributed by atoms with van der Waals surface area (Å²) in [6.07, 6.45) is 1.79. The number of fused-ring (bicyclic) bond motifs is 1. The fourth-order valence-corrected chi connectivity index (χ4v) is 2.85. The van der Waals surface area contributed by atoms with Crippen molar-refractivity contribution in [2.45, 2.75) is 6.04 Å². The van der Waals surface area contributed by atoms with Gasteiger partial charge in [0.2, 0.25) is 0 Å². The number of hydrogen-bond donors (Lipinski definition) is 1. The summed E-state index contributed by atoms with van der Waals surface area (Å²) in [6, 6.07) is 15.6. The van der Waals surface area contributed by atoms with E-state index in [9.17, 15) is 0 Å². The van der Waals surface area contributed by atoms with E-state index in [1.165, 1.54) is 0 Å². The Hall–Kier alpha value is -1.91. The number of benzene rings is 2. The first-order chi connectivity index (χ1) is 10.2. The van der Waals surface area contributed by atoms with Crippen LogP contribution in [-0.4, -0.2) is 12.1 Å². The number of aromatic nitrogens is 1. The first-order valence-corrected chi connectivity index (χ1v) is 7.42. The Morgan fingerprint density at radius 3 is 2.76 bits per heavy atom. The molecule has 1 unspecified atom stereocenters. The van der Waals surface area contributed by atoms with Crippen LogP contribution in [0.25, 0.3) is 10.9 Å². The summed E-state index contributed by atoms with van der Waals surface area (Å²) in [5.74, 6) is 0.776. The molecule has 0 amide bonds. The van der Waals surface area contributed by atoms with Gasteiger partial charge in [-0.05, 0) is 29.8 Å². The molecule has 0 bridgehead atoms. The highest BCUT2D eigenvalue weighted by Crippen LogP contribution is 2.33. The Morgan fingerprint density at radius 1 is 1.10 bits per heavy atom. The van der Waals surface area contributed by atoms with Crippen molar-refractivity contribution in [2.24, 2.45) is 5.73 Å². The zero-order chi connectivity index (χ0) is 14.8. The quantitative estimate of drug-likeness (QED) is 0.780. The lowest BCUT2D eigenvalue weighted by Crippen LogP contribution is -2.13. The van der Waals surface area contributed by atoms with Gasteiger partial charge in [0.1, 0.15) is 5.75 Å². The van der Waals surface area contributed by atoms with E-state index in [0.29, 0.717) is 0 Å². The van der Waals surface area contributed by atoms with Crippen LogP contribution in [-0.2, 0) is 0 Å². The lowest BCUT2D eigenvalue weighted by molar-refractivity contribution is 0.407. The predicted octanol–water partition coefficient (Wildman–Crippen LogP) is 4.05. The molecule has 0 fully saturated rings. The van der Waals surface area contributed by atoms with Crippen molar-refractivity contribution < 1.29 is 4.74 Å². The SMILES string of the molecule is COc1cc(Br)ccc1C(N)c1cccc2ncccc12. The van der Waals surface area contributed by atoms with Crippen LogP contribution < -0.4 is 10.5 Å². The lowest BCUT2D eigenvalue weighted by atomic mass is 9.95. The lowest BCUT2D eigenvalue weighted by Gasteiger charge is -2.18. The second-order valence-electron chi connectivity index (χ2n) is 4.78. The van der Waals surface area contributed by atoms with E-state index < -0.39 is 0 Å². The molecule has 0 radical (unpaired) electrons.